The fraction of sp³-hybridized carbons (Fsp3) is 0.278. The summed E-state index contributed by atoms with van der Waals surface area (Å²) in [6, 6.07) is 18.0. The van der Waals surface area contributed by atoms with Crippen LogP contribution in [0, 0.1) is 0 Å². The Balaban J connectivity index is 1.82. The molecule has 0 unspecified atom stereocenters. The number of hydrogen-bond donors (Lipinski definition) is 0. The van der Waals surface area contributed by atoms with E-state index in [4.69, 9.17) is 21.3 Å². The van der Waals surface area contributed by atoms with Crippen LogP contribution in [0.4, 0.5) is 0 Å². The Kier molecular flexibility index (Phi) is 4.96. The summed E-state index contributed by atoms with van der Waals surface area (Å²) in [7, 11) is 0. The number of halogens is 1. The van der Waals surface area contributed by atoms with Gasteiger partial charge in [0.05, 0.1) is 11.0 Å². The van der Waals surface area contributed by atoms with Gasteiger partial charge in [-0.15, -0.1) is 11.6 Å². The van der Waals surface area contributed by atoms with Gasteiger partial charge in [-0.05, 0) is 37.1 Å². The molecular weight excluding hydrogens is 296 g/mol. The summed E-state index contributed by atoms with van der Waals surface area (Å²) in [6.07, 6.45) is 2.05. The Morgan fingerprint density at radius 2 is 1.73 bits per heavy atom. The molecule has 0 amide bonds. The van der Waals surface area contributed by atoms with Gasteiger partial charge in [0.15, 0.2) is 0 Å². The van der Waals surface area contributed by atoms with E-state index < -0.39 is 0 Å². The number of aryl methyl sites for hydroxylation is 1. The summed E-state index contributed by atoms with van der Waals surface area (Å²) in [5.74, 6) is 2.52. The third kappa shape index (κ3) is 3.42. The van der Waals surface area contributed by atoms with Crippen LogP contribution in [0.1, 0.15) is 18.7 Å². The summed E-state index contributed by atoms with van der Waals surface area (Å²) in [5, 5.41) is 0. The molecule has 3 aromatic rings. The number of ether oxygens (including phenoxy) is 1. The maximum absolute atomic E-state index is 5.86. The summed E-state index contributed by atoms with van der Waals surface area (Å²) in [6.45, 7) is 1.39. The number of rotatable bonds is 7. The van der Waals surface area contributed by atoms with Crippen molar-refractivity contribution in [3.63, 3.8) is 0 Å². The van der Waals surface area contributed by atoms with Gasteiger partial charge in [-0.2, -0.15) is 0 Å². The van der Waals surface area contributed by atoms with Gasteiger partial charge in [-0.1, -0.05) is 30.3 Å². The lowest BCUT2D eigenvalue weighted by Crippen LogP contribution is -2.07. The SMILES string of the molecule is ClCCCCn1c(COc2ccccc2)nc2ccccc21. The quantitative estimate of drug-likeness (QED) is 0.469. The predicted molar refractivity (Wildman–Crippen MR) is 90.5 cm³/mol. The first-order valence-electron chi connectivity index (χ1n) is 7.56. The van der Waals surface area contributed by atoms with Crippen molar-refractivity contribution in [3.05, 3.63) is 60.4 Å². The first-order chi connectivity index (χ1) is 10.9. The minimum atomic E-state index is 0.472. The monoisotopic (exact) mass is 314 g/mol. The number of aromatic nitrogens is 2. The minimum Gasteiger partial charge on any atom is -0.486 e. The van der Waals surface area contributed by atoms with Crippen molar-refractivity contribution in [3.8, 4) is 5.75 Å². The molecule has 2 aromatic carbocycles. The zero-order valence-electron chi connectivity index (χ0n) is 12.4. The third-order valence-corrected chi connectivity index (χ3v) is 3.88. The zero-order chi connectivity index (χ0) is 15.2. The highest BCUT2D eigenvalue weighted by Gasteiger charge is 2.10. The fourth-order valence-corrected chi connectivity index (χ4v) is 2.70. The van der Waals surface area contributed by atoms with E-state index in [0.717, 1.165) is 42.0 Å². The molecule has 0 aliphatic heterocycles. The first kappa shape index (κ1) is 14.9. The van der Waals surface area contributed by atoms with E-state index in [0.29, 0.717) is 12.5 Å². The van der Waals surface area contributed by atoms with Crippen LogP contribution in [-0.4, -0.2) is 15.4 Å². The second-order valence-corrected chi connectivity index (χ2v) is 5.54. The highest BCUT2D eigenvalue weighted by molar-refractivity contribution is 6.17. The molecule has 0 atom stereocenters. The Hall–Kier alpha value is -2.00. The summed E-state index contributed by atoms with van der Waals surface area (Å²) < 4.78 is 8.10. The second kappa shape index (κ2) is 7.32. The van der Waals surface area contributed by atoms with Crippen LogP contribution in [0.15, 0.2) is 54.6 Å². The van der Waals surface area contributed by atoms with Crippen LogP contribution < -0.4 is 4.74 Å². The van der Waals surface area contributed by atoms with Crippen LogP contribution in [0.5, 0.6) is 5.75 Å². The number of imidazole rings is 1. The molecular formula is C18H19ClN2O. The molecule has 1 heterocycles. The fourth-order valence-electron chi connectivity index (χ4n) is 2.51. The Bertz CT molecular complexity index is 724. The first-order valence-corrected chi connectivity index (χ1v) is 8.10. The molecule has 0 bridgehead atoms. The van der Waals surface area contributed by atoms with Gasteiger partial charge in [0.2, 0.25) is 0 Å². The zero-order valence-corrected chi connectivity index (χ0v) is 13.2. The highest BCUT2D eigenvalue weighted by atomic mass is 35.5. The molecule has 3 nitrogen and oxygen atoms in total. The summed E-state index contributed by atoms with van der Waals surface area (Å²) >= 11 is 5.79. The standard InChI is InChI=1S/C18H19ClN2O/c19-12-6-7-13-21-17-11-5-4-10-16(17)20-18(21)14-22-15-8-2-1-3-9-15/h1-5,8-11H,6-7,12-14H2. The number of benzene rings is 2. The summed E-state index contributed by atoms with van der Waals surface area (Å²) in [5.41, 5.74) is 2.17. The van der Waals surface area contributed by atoms with Gasteiger partial charge in [-0.25, -0.2) is 4.98 Å². The highest BCUT2D eigenvalue weighted by Crippen LogP contribution is 2.19. The number of nitrogens with zero attached hydrogens (tertiary/aromatic N) is 2. The average Bonchev–Trinajstić information content (AvgIpc) is 2.92. The lowest BCUT2D eigenvalue weighted by atomic mass is 10.3. The average molecular weight is 315 g/mol. The van der Waals surface area contributed by atoms with E-state index >= 15 is 0 Å². The van der Waals surface area contributed by atoms with E-state index in [-0.39, 0.29) is 0 Å². The lowest BCUT2D eigenvalue weighted by molar-refractivity contribution is 0.289. The van der Waals surface area contributed by atoms with Crippen LogP contribution in [-0.2, 0) is 13.2 Å². The molecule has 3 rings (SSSR count). The molecule has 22 heavy (non-hydrogen) atoms. The van der Waals surface area contributed by atoms with Crippen molar-refractivity contribution in [2.45, 2.75) is 26.0 Å². The molecule has 0 aliphatic rings. The van der Waals surface area contributed by atoms with E-state index in [1.165, 1.54) is 0 Å². The number of fused-ring (bicyclic) bond motifs is 1. The van der Waals surface area contributed by atoms with Gasteiger partial charge in [0, 0.05) is 12.4 Å². The topological polar surface area (TPSA) is 27.1 Å². The van der Waals surface area contributed by atoms with Gasteiger partial charge < -0.3 is 9.30 Å². The van der Waals surface area contributed by atoms with Gasteiger partial charge in [0.1, 0.15) is 18.2 Å². The molecule has 0 spiro atoms. The van der Waals surface area contributed by atoms with Gasteiger partial charge >= 0.3 is 0 Å². The Morgan fingerprint density at radius 3 is 2.55 bits per heavy atom. The van der Waals surface area contributed by atoms with Crippen LogP contribution in [0.3, 0.4) is 0 Å². The van der Waals surface area contributed by atoms with Gasteiger partial charge in [-0.3, -0.25) is 0 Å². The molecule has 4 heteroatoms. The second-order valence-electron chi connectivity index (χ2n) is 5.17. The number of para-hydroxylation sites is 3. The van der Waals surface area contributed by atoms with Crippen LogP contribution >= 0.6 is 11.6 Å². The van der Waals surface area contributed by atoms with Crippen molar-refractivity contribution in [2.24, 2.45) is 0 Å². The molecule has 0 N–H and O–H groups in total. The molecule has 0 saturated carbocycles. The smallest absolute Gasteiger partial charge is 0.147 e. The van der Waals surface area contributed by atoms with Gasteiger partial charge in [0.25, 0.3) is 0 Å². The maximum Gasteiger partial charge on any atom is 0.147 e. The van der Waals surface area contributed by atoms with Crippen molar-refractivity contribution < 1.29 is 4.74 Å². The van der Waals surface area contributed by atoms with Crippen molar-refractivity contribution in [1.29, 1.82) is 0 Å². The van der Waals surface area contributed by atoms with Crippen molar-refractivity contribution in [2.75, 3.05) is 5.88 Å². The Labute approximate surface area is 135 Å². The molecule has 1 aromatic heterocycles. The van der Waals surface area contributed by atoms with Crippen molar-refractivity contribution in [1.82, 2.24) is 9.55 Å². The van der Waals surface area contributed by atoms with Crippen LogP contribution in [0.2, 0.25) is 0 Å². The largest absolute Gasteiger partial charge is 0.486 e. The molecule has 114 valence electrons. The predicted octanol–water partition coefficient (Wildman–Crippen LogP) is 4.63. The number of alkyl halides is 1. The van der Waals surface area contributed by atoms with E-state index in [1.54, 1.807) is 0 Å². The molecule has 0 radical (unpaired) electrons. The normalized spacial score (nSPS) is 11.0. The maximum atomic E-state index is 5.86. The Morgan fingerprint density at radius 1 is 0.955 bits per heavy atom. The van der Waals surface area contributed by atoms with E-state index in [2.05, 4.69) is 10.6 Å². The molecule has 0 fully saturated rings. The number of hydrogen-bond acceptors (Lipinski definition) is 2. The summed E-state index contributed by atoms with van der Waals surface area (Å²) in [4.78, 5) is 4.71. The van der Waals surface area contributed by atoms with E-state index in [9.17, 15) is 0 Å². The van der Waals surface area contributed by atoms with Crippen LogP contribution in [0.25, 0.3) is 11.0 Å². The lowest BCUT2D eigenvalue weighted by Gasteiger charge is -2.10. The molecule has 0 saturated heterocycles. The van der Waals surface area contributed by atoms with Crippen molar-refractivity contribution >= 4 is 22.6 Å². The molecule has 0 aliphatic carbocycles. The van der Waals surface area contributed by atoms with E-state index in [1.807, 2.05) is 48.5 Å². The third-order valence-electron chi connectivity index (χ3n) is 3.61. The number of unbranched alkanes of at least 4 members (excludes halogenated alkanes) is 1. The minimum absolute atomic E-state index is 0.472.